The molecule has 2 heterocycles. The highest BCUT2D eigenvalue weighted by Gasteiger charge is 2.33. The SMILES string of the molecule is C[C@@H](Sc1cccc(O)c1)C(=O)N1CCC[C@H]1c1cccs1. The molecular formula is C17H19NO2S2. The molecule has 2 aromatic rings. The minimum absolute atomic E-state index is 0.151. The minimum atomic E-state index is -0.151. The van der Waals surface area contributed by atoms with Crippen molar-refractivity contribution < 1.29 is 9.90 Å². The van der Waals surface area contributed by atoms with Crippen LogP contribution in [0.3, 0.4) is 0 Å². The van der Waals surface area contributed by atoms with Crippen molar-refractivity contribution in [1.29, 1.82) is 0 Å². The smallest absolute Gasteiger partial charge is 0.236 e. The average Bonchev–Trinajstić information content (AvgIpc) is 3.17. The Bertz CT molecular complexity index is 642. The summed E-state index contributed by atoms with van der Waals surface area (Å²) < 4.78 is 0. The molecule has 1 aromatic carbocycles. The topological polar surface area (TPSA) is 40.5 Å². The molecule has 22 heavy (non-hydrogen) atoms. The molecular weight excluding hydrogens is 314 g/mol. The zero-order valence-electron chi connectivity index (χ0n) is 12.4. The van der Waals surface area contributed by atoms with Crippen LogP contribution in [0, 0.1) is 0 Å². The summed E-state index contributed by atoms with van der Waals surface area (Å²) in [5.41, 5.74) is 0. The van der Waals surface area contributed by atoms with E-state index in [1.54, 1.807) is 29.5 Å². The lowest BCUT2D eigenvalue weighted by molar-refractivity contribution is -0.131. The molecule has 1 amide bonds. The maximum absolute atomic E-state index is 12.8. The van der Waals surface area contributed by atoms with Gasteiger partial charge in [-0.15, -0.1) is 23.1 Å². The van der Waals surface area contributed by atoms with E-state index in [1.165, 1.54) is 16.6 Å². The van der Waals surface area contributed by atoms with Crippen LogP contribution in [0.2, 0.25) is 0 Å². The number of rotatable bonds is 4. The third kappa shape index (κ3) is 3.31. The van der Waals surface area contributed by atoms with Gasteiger partial charge in [-0.1, -0.05) is 12.1 Å². The van der Waals surface area contributed by atoms with Gasteiger partial charge in [0.05, 0.1) is 11.3 Å². The van der Waals surface area contributed by atoms with Gasteiger partial charge in [-0.3, -0.25) is 4.79 Å². The summed E-state index contributed by atoms with van der Waals surface area (Å²) in [6.07, 6.45) is 2.12. The van der Waals surface area contributed by atoms with Crippen molar-refractivity contribution in [2.45, 2.75) is 36.0 Å². The molecule has 0 aliphatic carbocycles. The van der Waals surface area contributed by atoms with Gasteiger partial charge < -0.3 is 10.0 Å². The van der Waals surface area contributed by atoms with Crippen molar-refractivity contribution in [3.8, 4) is 5.75 Å². The molecule has 116 valence electrons. The molecule has 0 spiro atoms. The highest BCUT2D eigenvalue weighted by molar-refractivity contribution is 8.00. The van der Waals surface area contributed by atoms with Crippen LogP contribution in [-0.4, -0.2) is 27.7 Å². The number of thiophene rings is 1. The van der Waals surface area contributed by atoms with Crippen molar-refractivity contribution >= 4 is 29.0 Å². The number of phenols is 1. The summed E-state index contributed by atoms with van der Waals surface area (Å²) in [6.45, 7) is 2.78. The zero-order valence-corrected chi connectivity index (χ0v) is 14.1. The number of benzene rings is 1. The van der Waals surface area contributed by atoms with E-state index in [0.29, 0.717) is 0 Å². The predicted octanol–water partition coefficient (Wildman–Crippen LogP) is 4.30. The number of hydrogen-bond acceptors (Lipinski definition) is 4. The van der Waals surface area contributed by atoms with Crippen molar-refractivity contribution in [3.05, 3.63) is 46.7 Å². The van der Waals surface area contributed by atoms with E-state index in [1.807, 2.05) is 24.0 Å². The van der Waals surface area contributed by atoms with Crippen LogP contribution in [0.25, 0.3) is 0 Å². The number of amides is 1. The lowest BCUT2D eigenvalue weighted by Gasteiger charge is -2.26. The van der Waals surface area contributed by atoms with Crippen LogP contribution in [0.1, 0.15) is 30.7 Å². The minimum Gasteiger partial charge on any atom is -0.508 e. The second-order valence-electron chi connectivity index (χ2n) is 5.46. The van der Waals surface area contributed by atoms with Crippen LogP contribution >= 0.6 is 23.1 Å². The van der Waals surface area contributed by atoms with Gasteiger partial charge in [0.1, 0.15) is 5.75 Å². The monoisotopic (exact) mass is 333 g/mol. The van der Waals surface area contributed by atoms with E-state index >= 15 is 0 Å². The lowest BCUT2D eigenvalue weighted by Crippen LogP contribution is -2.35. The first-order valence-corrected chi connectivity index (χ1v) is 9.20. The fourth-order valence-corrected chi connectivity index (χ4v) is 4.72. The Labute approximate surface area is 139 Å². The predicted molar refractivity (Wildman–Crippen MR) is 91.4 cm³/mol. The van der Waals surface area contributed by atoms with Gasteiger partial charge in [-0.05, 0) is 49.4 Å². The van der Waals surface area contributed by atoms with Gasteiger partial charge in [-0.2, -0.15) is 0 Å². The summed E-state index contributed by atoms with van der Waals surface area (Å²) >= 11 is 3.23. The molecule has 5 heteroatoms. The third-order valence-electron chi connectivity index (χ3n) is 3.89. The van der Waals surface area contributed by atoms with E-state index in [2.05, 4.69) is 11.4 Å². The molecule has 0 saturated carbocycles. The molecule has 1 aliphatic heterocycles. The molecule has 1 aromatic heterocycles. The molecule has 2 atom stereocenters. The van der Waals surface area contributed by atoms with Crippen LogP contribution in [0.5, 0.6) is 5.75 Å². The van der Waals surface area contributed by atoms with Crippen LogP contribution in [0.4, 0.5) is 0 Å². The van der Waals surface area contributed by atoms with Gasteiger partial charge in [0.25, 0.3) is 0 Å². The van der Waals surface area contributed by atoms with Crippen molar-refractivity contribution in [1.82, 2.24) is 4.90 Å². The van der Waals surface area contributed by atoms with Gasteiger partial charge in [-0.25, -0.2) is 0 Å². The fourth-order valence-electron chi connectivity index (χ4n) is 2.85. The van der Waals surface area contributed by atoms with Gasteiger partial charge in [0.15, 0.2) is 0 Å². The Kier molecular flexibility index (Phi) is 4.74. The number of nitrogens with zero attached hydrogens (tertiary/aromatic N) is 1. The van der Waals surface area contributed by atoms with E-state index in [4.69, 9.17) is 0 Å². The maximum Gasteiger partial charge on any atom is 0.236 e. The summed E-state index contributed by atoms with van der Waals surface area (Å²) in [6, 6.07) is 11.5. The Morgan fingerprint density at radius 3 is 3.00 bits per heavy atom. The van der Waals surface area contributed by atoms with Crippen molar-refractivity contribution in [3.63, 3.8) is 0 Å². The maximum atomic E-state index is 12.8. The van der Waals surface area contributed by atoms with Gasteiger partial charge in [0, 0.05) is 16.3 Å². The highest BCUT2D eigenvalue weighted by Crippen LogP contribution is 2.36. The quantitative estimate of drug-likeness (QED) is 0.848. The standard InChI is InChI=1S/C17H19NO2S2/c1-12(22-14-6-2-5-13(19)11-14)17(20)18-9-3-7-15(18)16-8-4-10-21-16/h2,4-6,8,10-12,15,19H,3,7,9H2,1H3/t12-,15+/m1/s1. The number of thioether (sulfide) groups is 1. The van der Waals surface area contributed by atoms with E-state index < -0.39 is 0 Å². The number of likely N-dealkylation sites (tertiary alicyclic amines) is 1. The number of aromatic hydroxyl groups is 1. The molecule has 1 aliphatic rings. The molecule has 0 radical (unpaired) electrons. The molecule has 3 rings (SSSR count). The second kappa shape index (κ2) is 6.75. The summed E-state index contributed by atoms with van der Waals surface area (Å²) in [7, 11) is 0. The van der Waals surface area contributed by atoms with E-state index in [0.717, 1.165) is 24.3 Å². The first kappa shape index (κ1) is 15.4. The molecule has 1 fully saturated rings. The first-order chi connectivity index (χ1) is 10.6. The number of carbonyl (C=O) groups excluding carboxylic acids is 1. The Hall–Kier alpha value is -1.46. The lowest BCUT2D eigenvalue weighted by atomic mass is 10.2. The van der Waals surface area contributed by atoms with E-state index in [9.17, 15) is 9.90 Å². The average molecular weight is 333 g/mol. The van der Waals surface area contributed by atoms with Gasteiger partial charge in [0.2, 0.25) is 5.91 Å². The zero-order chi connectivity index (χ0) is 15.5. The molecule has 1 saturated heterocycles. The second-order valence-corrected chi connectivity index (χ2v) is 7.86. The first-order valence-electron chi connectivity index (χ1n) is 7.45. The summed E-state index contributed by atoms with van der Waals surface area (Å²) in [5, 5.41) is 11.5. The molecule has 0 unspecified atom stereocenters. The third-order valence-corrected chi connectivity index (χ3v) is 5.94. The molecule has 3 nitrogen and oxygen atoms in total. The number of hydrogen-bond donors (Lipinski definition) is 1. The van der Waals surface area contributed by atoms with Gasteiger partial charge >= 0.3 is 0 Å². The van der Waals surface area contributed by atoms with Crippen LogP contribution in [-0.2, 0) is 4.79 Å². The largest absolute Gasteiger partial charge is 0.508 e. The Balaban J connectivity index is 1.70. The van der Waals surface area contributed by atoms with Crippen LogP contribution < -0.4 is 0 Å². The molecule has 0 bridgehead atoms. The highest BCUT2D eigenvalue weighted by atomic mass is 32.2. The van der Waals surface area contributed by atoms with Crippen molar-refractivity contribution in [2.24, 2.45) is 0 Å². The fraction of sp³-hybridized carbons (Fsp3) is 0.353. The number of phenolic OH excluding ortho intramolecular Hbond substituents is 1. The summed E-state index contributed by atoms with van der Waals surface area (Å²) in [5.74, 6) is 0.423. The van der Waals surface area contributed by atoms with E-state index in [-0.39, 0.29) is 22.9 Å². The Morgan fingerprint density at radius 2 is 2.27 bits per heavy atom. The summed E-state index contributed by atoms with van der Waals surface area (Å²) in [4.78, 5) is 17.0. The molecule has 1 N–H and O–H groups in total. The normalized spacial score (nSPS) is 19.3. The van der Waals surface area contributed by atoms with Crippen LogP contribution in [0.15, 0.2) is 46.7 Å². The Morgan fingerprint density at radius 1 is 1.41 bits per heavy atom. The van der Waals surface area contributed by atoms with Crippen molar-refractivity contribution in [2.75, 3.05) is 6.54 Å². The number of carbonyl (C=O) groups is 1.